The van der Waals surface area contributed by atoms with Crippen LogP contribution in [-0.2, 0) is 6.42 Å². The summed E-state index contributed by atoms with van der Waals surface area (Å²) in [5.41, 5.74) is 1.32. The van der Waals surface area contributed by atoms with Crippen molar-refractivity contribution in [1.82, 2.24) is 5.32 Å². The molecule has 0 radical (unpaired) electrons. The average Bonchev–Trinajstić information content (AvgIpc) is 2.55. The first kappa shape index (κ1) is 15.8. The van der Waals surface area contributed by atoms with Crippen molar-refractivity contribution in [3.63, 3.8) is 0 Å². The van der Waals surface area contributed by atoms with Crippen LogP contribution >= 0.6 is 0 Å². The van der Waals surface area contributed by atoms with Crippen molar-refractivity contribution in [2.24, 2.45) is 0 Å². The Hall–Kier alpha value is -2.56. The van der Waals surface area contributed by atoms with Gasteiger partial charge in [0.1, 0.15) is 5.75 Å². The number of halogens is 1. The number of benzene rings is 2. The highest BCUT2D eigenvalue weighted by Gasteiger charge is 2.07. The van der Waals surface area contributed by atoms with Gasteiger partial charge in [-0.2, -0.15) is 0 Å². The number of hydrogen-bond acceptors (Lipinski definition) is 3. The molecule has 0 fully saturated rings. The van der Waals surface area contributed by atoms with Crippen LogP contribution in [0.3, 0.4) is 0 Å². The zero-order valence-electron chi connectivity index (χ0n) is 12.6. The van der Waals surface area contributed by atoms with Gasteiger partial charge in [-0.25, -0.2) is 4.39 Å². The Morgan fingerprint density at radius 1 is 1.14 bits per heavy atom. The van der Waals surface area contributed by atoms with E-state index in [4.69, 9.17) is 9.47 Å². The second-order valence-electron chi connectivity index (χ2n) is 4.71. The zero-order chi connectivity index (χ0) is 15.9. The summed E-state index contributed by atoms with van der Waals surface area (Å²) in [6.45, 7) is 0.418. The highest BCUT2D eigenvalue weighted by Crippen LogP contribution is 2.17. The van der Waals surface area contributed by atoms with E-state index in [-0.39, 0.29) is 11.7 Å². The first-order valence-electron chi connectivity index (χ1n) is 6.88. The Kier molecular flexibility index (Phi) is 5.36. The molecule has 0 aliphatic rings. The third kappa shape index (κ3) is 3.97. The Labute approximate surface area is 128 Å². The molecular formula is C17H18FNO3. The molecule has 0 bridgehead atoms. The van der Waals surface area contributed by atoms with E-state index in [9.17, 15) is 9.18 Å². The van der Waals surface area contributed by atoms with Crippen LogP contribution in [0.5, 0.6) is 11.5 Å². The minimum atomic E-state index is -0.404. The van der Waals surface area contributed by atoms with Crippen molar-refractivity contribution in [3.05, 3.63) is 59.4 Å². The van der Waals surface area contributed by atoms with E-state index < -0.39 is 5.82 Å². The van der Waals surface area contributed by atoms with Gasteiger partial charge < -0.3 is 14.8 Å². The number of carbonyl (C=O) groups excluding carboxylic acids is 1. The van der Waals surface area contributed by atoms with Crippen LogP contribution in [0.15, 0.2) is 42.5 Å². The summed E-state index contributed by atoms with van der Waals surface area (Å²) in [4.78, 5) is 12.0. The standard InChI is InChI=1S/C17H18FNO3/c1-21-14-5-3-4-13(11-14)17(20)19-9-8-12-6-7-16(22-2)15(18)10-12/h3-7,10-11H,8-9H2,1-2H3,(H,19,20). The molecule has 2 aromatic rings. The van der Waals surface area contributed by atoms with Crippen LogP contribution in [0.1, 0.15) is 15.9 Å². The van der Waals surface area contributed by atoms with Gasteiger partial charge in [-0.05, 0) is 42.3 Å². The van der Waals surface area contributed by atoms with Crippen LogP contribution in [0.4, 0.5) is 4.39 Å². The van der Waals surface area contributed by atoms with Gasteiger partial charge in [0.05, 0.1) is 14.2 Å². The number of amides is 1. The van der Waals surface area contributed by atoms with E-state index >= 15 is 0 Å². The Morgan fingerprint density at radius 2 is 1.95 bits per heavy atom. The number of rotatable bonds is 6. The van der Waals surface area contributed by atoms with E-state index in [1.54, 1.807) is 43.5 Å². The predicted molar refractivity (Wildman–Crippen MR) is 82.0 cm³/mol. The van der Waals surface area contributed by atoms with Crippen molar-refractivity contribution in [2.75, 3.05) is 20.8 Å². The summed E-state index contributed by atoms with van der Waals surface area (Å²) in [5.74, 6) is 0.251. The molecule has 0 aliphatic carbocycles. The Morgan fingerprint density at radius 3 is 2.64 bits per heavy atom. The molecule has 0 saturated carbocycles. The fourth-order valence-corrected chi connectivity index (χ4v) is 2.05. The molecule has 0 saturated heterocycles. The van der Waals surface area contributed by atoms with Crippen molar-refractivity contribution in [1.29, 1.82) is 0 Å². The molecule has 1 N–H and O–H groups in total. The SMILES string of the molecule is COc1cccc(C(=O)NCCc2ccc(OC)c(F)c2)c1. The molecular weight excluding hydrogens is 285 g/mol. The van der Waals surface area contributed by atoms with Gasteiger partial charge in [0.2, 0.25) is 0 Å². The third-order valence-corrected chi connectivity index (χ3v) is 3.25. The number of ether oxygens (including phenoxy) is 2. The van der Waals surface area contributed by atoms with Crippen molar-refractivity contribution < 1.29 is 18.7 Å². The molecule has 4 nitrogen and oxygen atoms in total. The normalized spacial score (nSPS) is 10.1. The summed E-state index contributed by atoms with van der Waals surface area (Å²) < 4.78 is 23.5. The molecule has 0 aromatic heterocycles. The van der Waals surface area contributed by atoms with Gasteiger partial charge in [0.15, 0.2) is 11.6 Å². The predicted octanol–water partition coefficient (Wildman–Crippen LogP) is 2.82. The van der Waals surface area contributed by atoms with Gasteiger partial charge in [-0.15, -0.1) is 0 Å². The summed E-state index contributed by atoms with van der Waals surface area (Å²) in [6, 6.07) is 11.7. The van der Waals surface area contributed by atoms with Crippen molar-refractivity contribution in [3.8, 4) is 11.5 Å². The van der Waals surface area contributed by atoms with Crippen LogP contribution in [-0.4, -0.2) is 26.7 Å². The average molecular weight is 303 g/mol. The quantitative estimate of drug-likeness (QED) is 0.892. The van der Waals surface area contributed by atoms with Crippen LogP contribution in [0, 0.1) is 5.82 Å². The molecule has 0 spiro atoms. The second-order valence-corrected chi connectivity index (χ2v) is 4.71. The molecule has 0 atom stereocenters. The van der Waals surface area contributed by atoms with Gasteiger partial charge in [-0.1, -0.05) is 12.1 Å². The number of carbonyl (C=O) groups is 1. The van der Waals surface area contributed by atoms with E-state index in [0.717, 1.165) is 5.56 Å². The number of methoxy groups -OCH3 is 2. The molecule has 5 heteroatoms. The maximum Gasteiger partial charge on any atom is 0.251 e. The molecule has 2 rings (SSSR count). The fraction of sp³-hybridized carbons (Fsp3) is 0.235. The van der Waals surface area contributed by atoms with Gasteiger partial charge in [0.25, 0.3) is 5.91 Å². The third-order valence-electron chi connectivity index (χ3n) is 3.25. The Bertz CT molecular complexity index is 658. The first-order chi connectivity index (χ1) is 10.6. The van der Waals surface area contributed by atoms with Crippen molar-refractivity contribution >= 4 is 5.91 Å². The molecule has 0 heterocycles. The maximum absolute atomic E-state index is 13.6. The first-order valence-corrected chi connectivity index (χ1v) is 6.88. The lowest BCUT2D eigenvalue weighted by Gasteiger charge is -2.08. The molecule has 2 aromatic carbocycles. The molecule has 0 aliphatic heterocycles. The number of hydrogen-bond donors (Lipinski definition) is 1. The zero-order valence-corrected chi connectivity index (χ0v) is 12.6. The Balaban J connectivity index is 1.90. The maximum atomic E-state index is 13.6. The molecule has 22 heavy (non-hydrogen) atoms. The van der Waals surface area contributed by atoms with E-state index in [1.807, 2.05) is 0 Å². The van der Waals surface area contributed by atoms with E-state index in [0.29, 0.717) is 24.3 Å². The number of nitrogens with one attached hydrogen (secondary N) is 1. The van der Waals surface area contributed by atoms with Crippen LogP contribution in [0.25, 0.3) is 0 Å². The molecule has 1 amide bonds. The largest absolute Gasteiger partial charge is 0.497 e. The fourth-order valence-electron chi connectivity index (χ4n) is 2.05. The van der Waals surface area contributed by atoms with Gasteiger partial charge in [0, 0.05) is 12.1 Å². The highest BCUT2D eigenvalue weighted by atomic mass is 19.1. The summed E-state index contributed by atoms with van der Waals surface area (Å²) in [6.07, 6.45) is 0.538. The summed E-state index contributed by atoms with van der Waals surface area (Å²) in [5, 5.41) is 2.80. The lowest BCUT2D eigenvalue weighted by atomic mass is 10.1. The van der Waals surface area contributed by atoms with E-state index in [2.05, 4.69) is 5.32 Å². The van der Waals surface area contributed by atoms with Crippen LogP contribution < -0.4 is 14.8 Å². The van der Waals surface area contributed by atoms with Gasteiger partial charge >= 0.3 is 0 Å². The molecule has 116 valence electrons. The lowest BCUT2D eigenvalue weighted by Crippen LogP contribution is -2.25. The highest BCUT2D eigenvalue weighted by molar-refractivity contribution is 5.94. The second kappa shape index (κ2) is 7.45. The topological polar surface area (TPSA) is 47.6 Å². The van der Waals surface area contributed by atoms with E-state index in [1.165, 1.54) is 13.2 Å². The summed E-state index contributed by atoms with van der Waals surface area (Å²) in [7, 11) is 2.97. The minimum absolute atomic E-state index is 0.187. The van der Waals surface area contributed by atoms with Gasteiger partial charge in [-0.3, -0.25) is 4.79 Å². The van der Waals surface area contributed by atoms with Crippen molar-refractivity contribution in [2.45, 2.75) is 6.42 Å². The minimum Gasteiger partial charge on any atom is -0.497 e. The smallest absolute Gasteiger partial charge is 0.251 e. The molecule has 0 unspecified atom stereocenters. The lowest BCUT2D eigenvalue weighted by molar-refractivity contribution is 0.0954. The monoisotopic (exact) mass is 303 g/mol. The summed E-state index contributed by atoms with van der Waals surface area (Å²) >= 11 is 0. The van der Waals surface area contributed by atoms with Crippen LogP contribution in [0.2, 0.25) is 0 Å².